The normalized spacial score (nSPS) is 19.1. The molecule has 0 saturated heterocycles. The van der Waals surface area contributed by atoms with Gasteiger partial charge in [-0.2, -0.15) is 5.26 Å². The summed E-state index contributed by atoms with van der Waals surface area (Å²) in [6.07, 6.45) is 7.34. The fourth-order valence-corrected chi connectivity index (χ4v) is 3.31. The van der Waals surface area contributed by atoms with Crippen molar-refractivity contribution in [3.8, 4) is 11.8 Å². The molecule has 1 aliphatic rings. The zero-order valence-corrected chi connectivity index (χ0v) is 15.9. The second-order valence-corrected chi connectivity index (χ2v) is 6.97. The maximum atomic E-state index is 12.3. The molecule has 3 rings (SSSR count). The molecule has 0 spiro atoms. The summed E-state index contributed by atoms with van der Waals surface area (Å²) in [6.45, 7) is 1.97. The van der Waals surface area contributed by atoms with E-state index in [4.69, 9.17) is 21.6 Å². The van der Waals surface area contributed by atoms with Gasteiger partial charge in [0, 0.05) is 30.9 Å². The van der Waals surface area contributed by atoms with Crippen molar-refractivity contribution >= 4 is 17.5 Å². The van der Waals surface area contributed by atoms with Crippen molar-refractivity contribution in [1.29, 1.82) is 5.26 Å². The smallest absolute Gasteiger partial charge is 0.254 e. The van der Waals surface area contributed by atoms with Gasteiger partial charge in [0.05, 0.1) is 22.3 Å². The zero-order valence-electron chi connectivity index (χ0n) is 15.1. The predicted molar refractivity (Wildman–Crippen MR) is 102 cm³/mol. The van der Waals surface area contributed by atoms with Crippen molar-refractivity contribution in [2.75, 3.05) is 0 Å². The van der Waals surface area contributed by atoms with E-state index in [-0.39, 0.29) is 18.1 Å². The first kappa shape index (κ1) is 19.1. The number of amides is 1. The Labute approximate surface area is 163 Å². The molecule has 0 atom stereocenters. The second kappa shape index (κ2) is 8.83. The molecule has 1 heterocycles. The number of aromatic nitrogens is 2. The summed E-state index contributed by atoms with van der Waals surface area (Å²) >= 11 is 6.04. The van der Waals surface area contributed by atoms with Crippen LogP contribution >= 0.6 is 11.6 Å². The van der Waals surface area contributed by atoms with Gasteiger partial charge < -0.3 is 10.1 Å². The molecule has 1 fully saturated rings. The average Bonchev–Trinajstić information content (AvgIpc) is 2.69. The third kappa shape index (κ3) is 4.95. The van der Waals surface area contributed by atoms with Gasteiger partial charge in [-0.1, -0.05) is 18.5 Å². The Morgan fingerprint density at radius 2 is 2.00 bits per heavy atom. The number of carbonyl (C=O) groups is 1. The van der Waals surface area contributed by atoms with Crippen LogP contribution in [0, 0.1) is 11.3 Å². The number of aryl methyl sites for hydroxylation is 1. The summed E-state index contributed by atoms with van der Waals surface area (Å²) in [6, 6.07) is 7.25. The summed E-state index contributed by atoms with van der Waals surface area (Å²) in [5.41, 5.74) is 0.921. The van der Waals surface area contributed by atoms with Gasteiger partial charge in [0.25, 0.3) is 5.91 Å². The largest absolute Gasteiger partial charge is 0.490 e. The lowest BCUT2D eigenvalue weighted by Crippen LogP contribution is -2.39. The minimum absolute atomic E-state index is 0.0781. The van der Waals surface area contributed by atoms with E-state index >= 15 is 0 Å². The van der Waals surface area contributed by atoms with Gasteiger partial charge >= 0.3 is 0 Å². The molecule has 0 bridgehead atoms. The number of nitrogens with one attached hydrogen (secondary N) is 1. The van der Waals surface area contributed by atoms with Crippen LogP contribution in [0.5, 0.6) is 5.75 Å². The van der Waals surface area contributed by atoms with Crippen LogP contribution in [0.4, 0.5) is 0 Å². The molecule has 1 saturated carbocycles. The summed E-state index contributed by atoms with van der Waals surface area (Å²) in [5, 5.41) is 12.4. The van der Waals surface area contributed by atoms with Crippen molar-refractivity contribution in [2.45, 2.75) is 51.2 Å². The minimum atomic E-state index is -0.138. The lowest BCUT2D eigenvalue weighted by atomic mass is 9.92. The number of rotatable bonds is 5. The predicted octanol–water partition coefficient (Wildman–Crippen LogP) is 3.68. The van der Waals surface area contributed by atoms with E-state index in [1.54, 1.807) is 30.6 Å². The van der Waals surface area contributed by atoms with Gasteiger partial charge in [0.15, 0.2) is 0 Å². The third-order valence-corrected chi connectivity index (χ3v) is 4.97. The first-order valence-corrected chi connectivity index (χ1v) is 9.45. The number of carbonyl (C=O) groups excluding carboxylic acids is 1. The maximum absolute atomic E-state index is 12.3. The molecular weight excluding hydrogens is 364 g/mol. The average molecular weight is 385 g/mol. The Morgan fingerprint density at radius 1 is 1.30 bits per heavy atom. The van der Waals surface area contributed by atoms with E-state index in [1.165, 1.54) is 0 Å². The lowest BCUT2D eigenvalue weighted by molar-refractivity contribution is 0.0893. The Hall–Kier alpha value is -2.65. The Morgan fingerprint density at radius 3 is 2.59 bits per heavy atom. The summed E-state index contributed by atoms with van der Waals surface area (Å²) in [7, 11) is 0. The summed E-state index contributed by atoms with van der Waals surface area (Å²) in [5.74, 6) is 1.26. The molecule has 1 aliphatic carbocycles. The molecule has 1 amide bonds. The molecule has 27 heavy (non-hydrogen) atoms. The molecular formula is C20H21ClN4O2. The third-order valence-electron chi connectivity index (χ3n) is 4.66. The van der Waals surface area contributed by atoms with E-state index in [0.717, 1.165) is 37.9 Å². The number of hydrogen-bond donors (Lipinski definition) is 1. The monoisotopic (exact) mass is 384 g/mol. The highest BCUT2D eigenvalue weighted by Gasteiger charge is 2.24. The molecule has 7 heteroatoms. The van der Waals surface area contributed by atoms with Crippen molar-refractivity contribution in [3.05, 3.63) is 52.6 Å². The van der Waals surface area contributed by atoms with E-state index in [2.05, 4.69) is 15.3 Å². The fourth-order valence-electron chi connectivity index (χ4n) is 3.10. The van der Waals surface area contributed by atoms with E-state index in [1.807, 2.05) is 13.0 Å². The molecule has 1 aromatic carbocycles. The zero-order chi connectivity index (χ0) is 19.2. The van der Waals surface area contributed by atoms with Gasteiger partial charge in [0.2, 0.25) is 0 Å². The molecule has 140 valence electrons. The molecule has 1 N–H and O–H groups in total. The van der Waals surface area contributed by atoms with Crippen LogP contribution in [0.2, 0.25) is 5.02 Å². The van der Waals surface area contributed by atoms with Crippen LogP contribution in [0.1, 0.15) is 54.4 Å². The molecule has 0 radical (unpaired) electrons. The topological polar surface area (TPSA) is 87.9 Å². The first-order chi connectivity index (χ1) is 13.1. The van der Waals surface area contributed by atoms with Crippen LogP contribution in [0.3, 0.4) is 0 Å². The number of nitriles is 1. The van der Waals surface area contributed by atoms with Crippen LogP contribution in [0.25, 0.3) is 0 Å². The lowest BCUT2D eigenvalue weighted by Gasteiger charge is -2.29. The second-order valence-electron chi connectivity index (χ2n) is 6.56. The highest BCUT2D eigenvalue weighted by Crippen LogP contribution is 2.27. The van der Waals surface area contributed by atoms with Gasteiger partial charge in [-0.25, -0.2) is 9.97 Å². The Bertz CT molecular complexity index is 840. The highest BCUT2D eigenvalue weighted by molar-refractivity contribution is 6.31. The standard InChI is InChI=1S/C20H21ClN4O2/c1-2-19-23-11-14(12-24-19)20(26)25-15-4-7-16(8-5-15)27-17-6-3-13(10-22)18(21)9-17/h3,6,9,11-12,15-16H,2,4-5,7-8H2,1H3,(H,25,26). The molecule has 0 aliphatic heterocycles. The quantitative estimate of drug-likeness (QED) is 0.849. The number of nitrogens with zero attached hydrogens (tertiary/aromatic N) is 3. The Balaban J connectivity index is 1.49. The number of halogens is 1. The van der Waals surface area contributed by atoms with Crippen LogP contribution in [0.15, 0.2) is 30.6 Å². The highest BCUT2D eigenvalue weighted by atomic mass is 35.5. The van der Waals surface area contributed by atoms with Crippen LogP contribution in [-0.2, 0) is 6.42 Å². The van der Waals surface area contributed by atoms with E-state index < -0.39 is 0 Å². The van der Waals surface area contributed by atoms with Crippen LogP contribution < -0.4 is 10.1 Å². The van der Waals surface area contributed by atoms with Crippen molar-refractivity contribution in [3.63, 3.8) is 0 Å². The summed E-state index contributed by atoms with van der Waals surface area (Å²) in [4.78, 5) is 20.7. The van der Waals surface area contributed by atoms with Crippen molar-refractivity contribution < 1.29 is 9.53 Å². The Kier molecular flexibility index (Phi) is 6.25. The van der Waals surface area contributed by atoms with Crippen molar-refractivity contribution in [2.24, 2.45) is 0 Å². The molecule has 2 aromatic rings. The number of benzene rings is 1. The molecule has 6 nitrogen and oxygen atoms in total. The minimum Gasteiger partial charge on any atom is -0.490 e. The van der Waals surface area contributed by atoms with E-state index in [0.29, 0.717) is 21.9 Å². The number of hydrogen-bond acceptors (Lipinski definition) is 5. The van der Waals surface area contributed by atoms with Gasteiger partial charge in [-0.15, -0.1) is 0 Å². The molecule has 1 aromatic heterocycles. The van der Waals surface area contributed by atoms with Gasteiger partial charge in [-0.3, -0.25) is 4.79 Å². The fraction of sp³-hybridized carbons (Fsp3) is 0.400. The van der Waals surface area contributed by atoms with Crippen LogP contribution in [-0.4, -0.2) is 28.0 Å². The van der Waals surface area contributed by atoms with Crippen molar-refractivity contribution in [1.82, 2.24) is 15.3 Å². The summed E-state index contributed by atoms with van der Waals surface area (Å²) < 4.78 is 5.97. The van der Waals surface area contributed by atoms with Gasteiger partial charge in [-0.05, 0) is 37.8 Å². The first-order valence-electron chi connectivity index (χ1n) is 9.07. The van der Waals surface area contributed by atoms with E-state index in [9.17, 15) is 4.79 Å². The maximum Gasteiger partial charge on any atom is 0.254 e. The SMILES string of the molecule is CCc1ncc(C(=O)NC2CCC(Oc3ccc(C#N)c(Cl)c3)CC2)cn1. The number of ether oxygens (including phenoxy) is 1. The molecule has 0 unspecified atom stereocenters. The van der Waals surface area contributed by atoms with Gasteiger partial charge in [0.1, 0.15) is 17.6 Å².